The first-order chi connectivity index (χ1) is 15.5. The lowest BCUT2D eigenvalue weighted by Gasteiger charge is -2.31. The van der Waals surface area contributed by atoms with E-state index in [2.05, 4.69) is 10.4 Å². The first-order valence-electron chi connectivity index (χ1n) is 10.4. The van der Waals surface area contributed by atoms with Crippen LogP contribution in [0.15, 0.2) is 90.2 Å². The molecule has 0 aliphatic carbocycles. The molecule has 4 aromatic rings. The SMILES string of the molecule is Cc1ccc(C2=NN(C(=O)c3ccccc3)C(c3cn(C)c4ccccc34)C(=O)N2)cc1. The third-order valence-corrected chi connectivity index (χ3v) is 5.72. The van der Waals surface area contributed by atoms with E-state index in [-0.39, 0.29) is 11.8 Å². The Morgan fingerprint density at radius 2 is 1.62 bits per heavy atom. The fraction of sp³-hybridized carbons (Fsp3) is 0.115. The van der Waals surface area contributed by atoms with E-state index in [1.54, 1.807) is 24.3 Å². The number of hydrogen-bond acceptors (Lipinski definition) is 3. The summed E-state index contributed by atoms with van der Waals surface area (Å²) in [6.45, 7) is 1.99. The second-order valence-electron chi connectivity index (χ2n) is 7.93. The number of amidine groups is 1. The molecule has 2 heterocycles. The van der Waals surface area contributed by atoms with Crippen molar-refractivity contribution in [2.24, 2.45) is 12.1 Å². The van der Waals surface area contributed by atoms with Crippen molar-refractivity contribution in [1.29, 1.82) is 0 Å². The van der Waals surface area contributed by atoms with Gasteiger partial charge in [0, 0.05) is 40.8 Å². The van der Waals surface area contributed by atoms with Crippen molar-refractivity contribution in [3.8, 4) is 0 Å². The van der Waals surface area contributed by atoms with E-state index in [1.807, 2.05) is 79.3 Å². The summed E-state index contributed by atoms with van der Waals surface area (Å²) in [5, 5.41) is 9.78. The van der Waals surface area contributed by atoms with E-state index in [9.17, 15) is 9.59 Å². The highest BCUT2D eigenvalue weighted by Gasteiger charge is 2.38. The highest BCUT2D eigenvalue weighted by molar-refractivity contribution is 6.13. The number of benzene rings is 3. The molecule has 0 fully saturated rings. The molecule has 0 bridgehead atoms. The van der Waals surface area contributed by atoms with Gasteiger partial charge in [-0.3, -0.25) is 9.59 Å². The summed E-state index contributed by atoms with van der Waals surface area (Å²) in [5.41, 5.74) is 4.03. The monoisotopic (exact) mass is 422 g/mol. The Hall–Kier alpha value is -4.19. The molecule has 158 valence electrons. The molecular weight excluding hydrogens is 400 g/mol. The van der Waals surface area contributed by atoms with Crippen LogP contribution in [-0.4, -0.2) is 27.2 Å². The lowest BCUT2D eigenvalue weighted by atomic mass is 10.0. The van der Waals surface area contributed by atoms with Crippen molar-refractivity contribution in [2.75, 3.05) is 0 Å². The van der Waals surface area contributed by atoms with Gasteiger partial charge in [0.15, 0.2) is 11.9 Å². The van der Waals surface area contributed by atoms with E-state index in [0.29, 0.717) is 11.4 Å². The number of aryl methyl sites for hydroxylation is 2. The number of para-hydroxylation sites is 1. The minimum atomic E-state index is -0.886. The van der Waals surface area contributed by atoms with Crippen molar-refractivity contribution < 1.29 is 9.59 Å². The molecule has 1 aliphatic rings. The van der Waals surface area contributed by atoms with Crippen molar-refractivity contribution in [3.05, 3.63) is 107 Å². The van der Waals surface area contributed by atoms with Gasteiger partial charge in [0.05, 0.1) is 0 Å². The zero-order chi connectivity index (χ0) is 22.2. The Balaban J connectivity index is 1.67. The zero-order valence-corrected chi connectivity index (χ0v) is 17.8. The quantitative estimate of drug-likeness (QED) is 0.539. The molecule has 2 amide bonds. The van der Waals surface area contributed by atoms with Crippen LogP contribution in [0.4, 0.5) is 0 Å². The fourth-order valence-electron chi connectivity index (χ4n) is 4.07. The maximum absolute atomic E-state index is 13.5. The van der Waals surface area contributed by atoms with Gasteiger partial charge in [-0.25, -0.2) is 5.01 Å². The van der Waals surface area contributed by atoms with Crippen molar-refractivity contribution in [3.63, 3.8) is 0 Å². The Kier molecular flexibility index (Phi) is 4.82. The summed E-state index contributed by atoms with van der Waals surface area (Å²) in [4.78, 5) is 27.0. The van der Waals surface area contributed by atoms with Crippen LogP contribution in [0.1, 0.15) is 33.1 Å². The van der Waals surface area contributed by atoms with Crippen molar-refractivity contribution >= 4 is 28.6 Å². The molecule has 1 unspecified atom stereocenters. The van der Waals surface area contributed by atoms with Crippen molar-refractivity contribution in [2.45, 2.75) is 13.0 Å². The molecule has 6 heteroatoms. The topological polar surface area (TPSA) is 66.7 Å². The predicted molar refractivity (Wildman–Crippen MR) is 124 cm³/mol. The van der Waals surface area contributed by atoms with Crippen LogP contribution in [0.2, 0.25) is 0 Å². The Morgan fingerprint density at radius 3 is 2.38 bits per heavy atom. The maximum atomic E-state index is 13.5. The van der Waals surface area contributed by atoms with Crippen molar-refractivity contribution in [1.82, 2.24) is 14.9 Å². The molecule has 0 radical (unpaired) electrons. The summed E-state index contributed by atoms with van der Waals surface area (Å²) in [6, 6.07) is 23.5. The average Bonchev–Trinajstić information content (AvgIpc) is 3.15. The van der Waals surface area contributed by atoms with Gasteiger partial charge in [-0.2, -0.15) is 0 Å². The van der Waals surface area contributed by atoms with Gasteiger partial charge in [0.1, 0.15) is 0 Å². The smallest absolute Gasteiger partial charge is 0.275 e. The molecule has 3 aromatic carbocycles. The third-order valence-electron chi connectivity index (χ3n) is 5.72. The number of amides is 2. The molecule has 1 N–H and O–H groups in total. The number of rotatable bonds is 3. The third kappa shape index (κ3) is 3.36. The normalized spacial score (nSPS) is 16.1. The molecule has 5 rings (SSSR count). The summed E-state index contributed by atoms with van der Waals surface area (Å²) in [5.74, 6) is -0.269. The molecule has 0 saturated heterocycles. The number of fused-ring (bicyclic) bond motifs is 1. The van der Waals surface area contributed by atoms with Crippen LogP contribution in [0, 0.1) is 6.92 Å². The van der Waals surface area contributed by atoms with E-state index in [0.717, 1.165) is 27.6 Å². The molecule has 0 spiro atoms. The van der Waals surface area contributed by atoms with Gasteiger partial charge >= 0.3 is 0 Å². The second kappa shape index (κ2) is 7.81. The number of carbonyl (C=O) groups is 2. The van der Waals surface area contributed by atoms with Gasteiger partial charge in [-0.05, 0) is 25.1 Å². The predicted octanol–water partition coefficient (Wildman–Crippen LogP) is 4.16. The Bertz CT molecular complexity index is 1350. The number of aromatic nitrogens is 1. The Morgan fingerprint density at radius 1 is 0.938 bits per heavy atom. The van der Waals surface area contributed by atoms with Gasteiger partial charge < -0.3 is 9.88 Å². The molecule has 32 heavy (non-hydrogen) atoms. The first kappa shape index (κ1) is 19.8. The standard InChI is InChI=1S/C26H22N4O2/c1-17-12-14-18(15-13-17)24-27-25(31)23(21-16-29(2)22-11-7-6-10-20(21)22)30(28-24)26(32)19-8-4-3-5-9-19/h3-16,23H,1-2H3,(H,27,28,31). The van der Waals surface area contributed by atoms with Crippen LogP contribution in [0.25, 0.3) is 10.9 Å². The summed E-state index contributed by atoms with van der Waals surface area (Å²) >= 11 is 0. The lowest BCUT2D eigenvalue weighted by molar-refractivity contribution is -0.125. The minimum absolute atomic E-state index is 0.295. The van der Waals surface area contributed by atoms with Crippen LogP contribution >= 0.6 is 0 Å². The van der Waals surface area contributed by atoms with E-state index < -0.39 is 6.04 Å². The maximum Gasteiger partial charge on any atom is 0.275 e. The second-order valence-corrected chi connectivity index (χ2v) is 7.93. The van der Waals surface area contributed by atoms with Gasteiger partial charge in [0.2, 0.25) is 0 Å². The summed E-state index contributed by atoms with van der Waals surface area (Å²) in [6.07, 6.45) is 1.90. The van der Waals surface area contributed by atoms with E-state index in [1.165, 1.54) is 5.01 Å². The number of carbonyl (C=O) groups excluding carboxylic acids is 2. The highest BCUT2D eigenvalue weighted by atomic mass is 16.2. The van der Waals surface area contributed by atoms with Crippen LogP contribution < -0.4 is 5.32 Å². The number of nitrogens with zero attached hydrogens (tertiary/aromatic N) is 3. The fourth-order valence-corrected chi connectivity index (χ4v) is 4.07. The van der Waals surface area contributed by atoms with Crippen LogP contribution in [0.5, 0.6) is 0 Å². The zero-order valence-electron chi connectivity index (χ0n) is 17.8. The number of hydrazone groups is 1. The molecule has 0 saturated carbocycles. The van der Waals surface area contributed by atoms with E-state index in [4.69, 9.17) is 0 Å². The Labute approximate surface area is 185 Å². The lowest BCUT2D eigenvalue weighted by Crippen LogP contribution is -2.49. The first-order valence-corrected chi connectivity index (χ1v) is 10.4. The highest BCUT2D eigenvalue weighted by Crippen LogP contribution is 2.33. The number of nitrogens with one attached hydrogen (secondary N) is 1. The average molecular weight is 422 g/mol. The summed E-state index contributed by atoms with van der Waals surface area (Å²) < 4.78 is 1.96. The molecule has 1 atom stereocenters. The number of hydrogen-bond donors (Lipinski definition) is 1. The van der Waals surface area contributed by atoms with Gasteiger partial charge in [0.25, 0.3) is 11.8 Å². The van der Waals surface area contributed by atoms with Gasteiger partial charge in [-0.15, -0.1) is 5.10 Å². The largest absolute Gasteiger partial charge is 0.350 e. The molecule has 1 aromatic heterocycles. The van der Waals surface area contributed by atoms with Gasteiger partial charge in [-0.1, -0.05) is 66.2 Å². The molecule has 1 aliphatic heterocycles. The molecular formula is C26H22N4O2. The van der Waals surface area contributed by atoms with E-state index >= 15 is 0 Å². The van der Waals surface area contributed by atoms with Crippen LogP contribution in [0.3, 0.4) is 0 Å². The molecule has 6 nitrogen and oxygen atoms in total. The summed E-state index contributed by atoms with van der Waals surface area (Å²) in [7, 11) is 1.93. The van der Waals surface area contributed by atoms with Crippen LogP contribution in [-0.2, 0) is 11.8 Å². The minimum Gasteiger partial charge on any atom is -0.350 e.